The Bertz CT molecular complexity index is 942. The van der Waals surface area contributed by atoms with Gasteiger partial charge >= 0.3 is 0 Å². The number of para-hydroxylation sites is 2. The molecule has 0 heterocycles. The van der Waals surface area contributed by atoms with E-state index in [9.17, 15) is 4.79 Å². The number of nitrogens with one attached hydrogen (secondary N) is 2. The molecular weight excluding hydrogens is 364 g/mol. The quantitative estimate of drug-likeness (QED) is 0.486. The van der Waals surface area contributed by atoms with Crippen molar-refractivity contribution in [1.82, 2.24) is 0 Å². The molecule has 0 aliphatic heterocycles. The lowest BCUT2D eigenvalue weighted by Gasteiger charge is -2.13. The van der Waals surface area contributed by atoms with E-state index in [-0.39, 0.29) is 12.5 Å². The molecule has 3 aromatic carbocycles. The van der Waals surface area contributed by atoms with E-state index in [1.54, 1.807) is 18.2 Å². The van der Waals surface area contributed by atoms with Crippen molar-refractivity contribution in [3.63, 3.8) is 0 Å². The van der Waals surface area contributed by atoms with Gasteiger partial charge < -0.3 is 20.1 Å². The van der Waals surface area contributed by atoms with Gasteiger partial charge in [0.05, 0.1) is 12.2 Å². The molecule has 0 aliphatic rings. The molecular formula is C24H24N2O3. The first kappa shape index (κ1) is 20.0. The molecule has 5 nitrogen and oxygen atoms in total. The van der Waals surface area contributed by atoms with Crippen LogP contribution in [-0.2, 0) is 11.4 Å². The number of anilines is 2. The van der Waals surface area contributed by atoms with Gasteiger partial charge in [0.1, 0.15) is 24.7 Å². The molecule has 0 aromatic heterocycles. The van der Waals surface area contributed by atoms with E-state index in [0.29, 0.717) is 24.7 Å². The molecule has 0 bridgehead atoms. The van der Waals surface area contributed by atoms with Crippen molar-refractivity contribution in [3.05, 3.63) is 97.1 Å². The van der Waals surface area contributed by atoms with Crippen molar-refractivity contribution in [1.29, 1.82) is 0 Å². The van der Waals surface area contributed by atoms with Crippen molar-refractivity contribution < 1.29 is 14.3 Å². The normalized spacial score (nSPS) is 10.1. The van der Waals surface area contributed by atoms with Crippen LogP contribution in [0.3, 0.4) is 0 Å². The highest BCUT2D eigenvalue weighted by Gasteiger charge is 2.07. The summed E-state index contributed by atoms with van der Waals surface area (Å²) in [6.07, 6.45) is 1.66. The number of benzene rings is 3. The molecule has 3 rings (SSSR count). The first-order chi connectivity index (χ1) is 14.2. The van der Waals surface area contributed by atoms with Crippen LogP contribution in [-0.4, -0.2) is 19.1 Å². The van der Waals surface area contributed by atoms with Crippen LogP contribution >= 0.6 is 0 Å². The van der Waals surface area contributed by atoms with Crippen LogP contribution in [0.1, 0.15) is 5.56 Å². The Morgan fingerprint density at radius 2 is 1.72 bits per heavy atom. The molecule has 5 heteroatoms. The van der Waals surface area contributed by atoms with E-state index in [2.05, 4.69) is 17.2 Å². The van der Waals surface area contributed by atoms with Crippen molar-refractivity contribution in [2.24, 2.45) is 0 Å². The first-order valence-electron chi connectivity index (χ1n) is 9.38. The third-order valence-corrected chi connectivity index (χ3v) is 4.05. The highest BCUT2D eigenvalue weighted by atomic mass is 16.5. The van der Waals surface area contributed by atoms with Gasteiger partial charge in [-0.2, -0.15) is 0 Å². The number of ether oxygens (including phenoxy) is 2. The standard InChI is InChI=1S/C24H24N2O3/c1-2-15-28-23-14-7-6-13-22(23)26-24(27)17-25-20-11-8-12-21(16-20)29-18-19-9-4-3-5-10-19/h2-14,16,25H,1,15,17-18H2,(H,26,27). The van der Waals surface area contributed by atoms with Crippen molar-refractivity contribution in [2.75, 3.05) is 23.8 Å². The van der Waals surface area contributed by atoms with Gasteiger partial charge in [-0.15, -0.1) is 0 Å². The summed E-state index contributed by atoms with van der Waals surface area (Å²) in [5.74, 6) is 1.18. The Hall–Kier alpha value is -3.73. The molecule has 0 fully saturated rings. The Labute approximate surface area is 171 Å². The number of rotatable bonds is 10. The van der Waals surface area contributed by atoms with E-state index in [1.165, 1.54) is 0 Å². The minimum Gasteiger partial charge on any atom is -0.489 e. The average molecular weight is 388 g/mol. The van der Waals surface area contributed by atoms with Crippen molar-refractivity contribution in [3.8, 4) is 11.5 Å². The van der Waals surface area contributed by atoms with Crippen molar-refractivity contribution in [2.45, 2.75) is 6.61 Å². The van der Waals surface area contributed by atoms with Gasteiger partial charge in [-0.1, -0.05) is 61.2 Å². The van der Waals surface area contributed by atoms with Crippen LogP contribution in [0.4, 0.5) is 11.4 Å². The minimum absolute atomic E-state index is 0.123. The van der Waals surface area contributed by atoms with Gasteiger partial charge in [-0.3, -0.25) is 4.79 Å². The summed E-state index contributed by atoms with van der Waals surface area (Å²) in [6.45, 7) is 4.63. The van der Waals surface area contributed by atoms with E-state index in [0.717, 1.165) is 17.0 Å². The van der Waals surface area contributed by atoms with Gasteiger partial charge in [-0.25, -0.2) is 0 Å². The number of amides is 1. The summed E-state index contributed by atoms with van der Waals surface area (Å²) < 4.78 is 11.4. The summed E-state index contributed by atoms with van der Waals surface area (Å²) in [5.41, 5.74) is 2.53. The molecule has 0 saturated carbocycles. The predicted octanol–water partition coefficient (Wildman–Crippen LogP) is 4.88. The van der Waals surface area contributed by atoms with Crippen LogP contribution in [0.5, 0.6) is 11.5 Å². The molecule has 0 unspecified atom stereocenters. The monoisotopic (exact) mass is 388 g/mol. The Morgan fingerprint density at radius 1 is 0.931 bits per heavy atom. The Balaban J connectivity index is 1.52. The van der Waals surface area contributed by atoms with Crippen LogP contribution in [0.25, 0.3) is 0 Å². The van der Waals surface area contributed by atoms with E-state index in [1.807, 2.05) is 66.7 Å². The molecule has 148 valence electrons. The van der Waals surface area contributed by atoms with Gasteiger partial charge in [0.25, 0.3) is 0 Å². The molecule has 0 radical (unpaired) electrons. The lowest BCUT2D eigenvalue weighted by atomic mass is 10.2. The smallest absolute Gasteiger partial charge is 0.243 e. The van der Waals surface area contributed by atoms with Crippen molar-refractivity contribution >= 4 is 17.3 Å². The maximum absolute atomic E-state index is 12.3. The summed E-state index contributed by atoms with van der Waals surface area (Å²) in [4.78, 5) is 12.3. The molecule has 0 aliphatic carbocycles. The minimum atomic E-state index is -0.171. The van der Waals surface area contributed by atoms with Crippen LogP contribution in [0.2, 0.25) is 0 Å². The van der Waals surface area contributed by atoms with Crippen LogP contribution in [0.15, 0.2) is 91.5 Å². The van der Waals surface area contributed by atoms with Gasteiger partial charge in [-0.05, 0) is 29.8 Å². The third-order valence-electron chi connectivity index (χ3n) is 4.05. The molecule has 29 heavy (non-hydrogen) atoms. The molecule has 0 atom stereocenters. The SMILES string of the molecule is C=CCOc1ccccc1NC(=O)CNc1cccc(OCc2ccccc2)c1. The lowest BCUT2D eigenvalue weighted by molar-refractivity contribution is -0.114. The summed E-state index contributed by atoms with van der Waals surface area (Å²) >= 11 is 0. The largest absolute Gasteiger partial charge is 0.489 e. The first-order valence-corrected chi connectivity index (χ1v) is 9.38. The molecule has 1 amide bonds. The highest BCUT2D eigenvalue weighted by Crippen LogP contribution is 2.24. The van der Waals surface area contributed by atoms with Gasteiger partial charge in [0.15, 0.2) is 0 Å². The van der Waals surface area contributed by atoms with Gasteiger partial charge in [0.2, 0.25) is 5.91 Å². The topological polar surface area (TPSA) is 59.6 Å². The van der Waals surface area contributed by atoms with Crippen LogP contribution < -0.4 is 20.1 Å². The highest BCUT2D eigenvalue weighted by molar-refractivity contribution is 5.95. The fraction of sp³-hybridized carbons (Fsp3) is 0.125. The number of hydrogen-bond donors (Lipinski definition) is 2. The second kappa shape index (κ2) is 10.6. The third kappa shape index (κ3) is 6.43. The fourth-order valence-corrected chi connectivity index (χ4v) is 2.66. The Morgan fingerprint density at radius 3 is 2.55 bits per heavy atom. The van der Waals surface area contributed by atoms with Crippen LogP contribution in [0, 0.1) is 0 Å². The zero-order valence-corrected chi connectivity index (χ0v) is 16.1. The molecule has 3 aromatic rings. The zero-order valence-electron chi connectivity index (χ0n) is 16.1. The average Bonchev–Trinajstić information content (AvgIpc) is 2.77. The maximum atomic E-state index is 12.3. The lowest BCUT2D eigenvalue weighted by Crippen LogP contribution is -2.22. The molecule has 0 saturated heterocycles. The second-order valence-corrected chi connectivity index (χ2v) is 6.30. The van der Waals surface area contributed by atoms with E-state index >= 15 is 0 Å². The summed E-state index contributed by atoms with van der Waals surface area (Å²) in [5, 5.41) is 5.98. The van der Waals surface area contributed by atoms with Gasteiger partial charge in [0, 0.05) is 11.8 Å². The number of carbonyl (C=O) groups excluding carboxylic acids is 1. The number of carbonyl (C=O) groups is 1. The fourth-order valence-electron chi connectivity index (χ4n) is 2.66. The zero-order chi connectivity index (χ0) is 20.3. The maximum Gasteiger partial charge on any atom is 0.243 e. The summed E-state index contributed by atoms with van der Waals surface area (Å²) in [7, 11) is 0. The molecule has 2 N–H and O–H groups in total. The predicted molar refractivity (Wildman–Crippen MR) is 116 cm³/mol. The van der Waals surface area contributed by atoms with E-state index < -0.39 is 0 Å². The second-order valence-electron chi connectivity index (χ2n) is 6.30. The molecule has 0 spiro atoms. The Kier molecular flexibility index (Phi) is 7.29. The number of hydrogen-bond acceptors (Lipinski definition) is 4. The van der Waals surface area contributed by atoms with E-state index in [4.69, 9.17) is 9.47 Å². The summed E-state index contributed by atoms with van der Waals surface area (Å²) in [6, 6.07) is 24.8.